The van der Waals surface area contributed by atoms with Crippen LogP contribution in [0.2, 0.25) is 5.02 Å². The Morgan fingerprint density at radius 3 is 2.61 bits per heavy atom. The van der Waals surface area contributed by atoms with Crippen LogP contribution in [0.4, 0.5) is 11.4 Å². The van der Waals surface area contributed by atoms with Gasteiger partial charge < -0.3 is 15.1 Å². The lowest BCUT2D eigenvalue weighted by Crippen LogP contribution is -2.14. The highest BCUT2D eigenvalue weighted by Gasteiger charge is 2.20. The van der Waals surface area contributed by atoms with Crippen molar-refractivity contribution >= 4 is 39.9 Å². The van der Waals surface area contributed by atoms with Crippen LogP contribution < -0.4 is 10.6 Å². The molecule has 1 heterocycles. The standard InChI is InChI=1S/C23H27ClN2O2/c1-2-3-4-5-6-9-15-25-21-19-13-7-8-14-20(19)28-22(21)23(27)26-18-12-10-11-17(24)16-18/h7-8,10-14,16,25H,2-6,9,15H2,1H3,(H,26,27). The Labute approximate surface area is 171 Å². The average Bonchev–Trinajstić information content (AvgIpc) is 3.06. The lowest BCUT2D eigenvalue weighted by atomic mass is 10.1. The van der Waals surface area contributed by atoms with Gasteiger partial charge in [-0.3, -0.25) is 4.79 Å². The molecule has 3 rings (SSSR count). The highest BCUT2D eigenvalue weighted by atomic mass is 35.5. The van der Waals surface area contributed by atoms with Gasteiger partial charge in [0.25, 0.3) is 5.91 Å². The molecule has 4 nitrogen and oxygen atoms in total. The van der Waals surface area contributed by atoms with E-state index in [2.05, 4.69) is 17.6 Å². The molecular weight excluding hydrogens is 372 g/mol. The number of furan rings is 1. The molecule has 5 heteroatoms. The molecule has 148 valence electrons. The van der Waals surface area contributed by atoms with Crippen LogP contribution in [0, 0.1) is 0 Å². The van der Waals surface area contributed by atoms with Gasteiger partial charge in [0.05, 0.1) is 5.69 Å². The summed E-state index contributed by atoms with van der Waals surface area (Å²) in [6.45, 7) is 3.04. The second kappa shape index (κ2) is 10.2. The van der Waals surface area contributed by atoms with Crippen LogP contribution in [-0.4, -0.2) is 12.5 Å². The first-order valence-corrected chi connectivity index (χ1v) is 10.4. The summed E-state index contributed by atoms with van der Waals surface area (Å²) < 4.78 is 5.87. The smallest absolute Gasteiger partial charge is 0.293 e. The van der Waals surface area contributed by atoms with E-state index in [1.807, 2.05) is 24.3 Å². The van der Waals surface area contributed by atoms with Crippen molar-refractivity contribution < 1.29 is 9.21 Å². The van der Waals surface area contributed by atoms with E-state index in [1.165, 1.54) is 32.1 Å². The summed E-state index contributed by atoms with van der Waals surface area (Å²) in [5, 5.41) is 7.79. The molecule has 0 radical (unpaired) electrons. The molecule has 3 aromatic rings. The fourth-order valence-corrected chi connectivity index (χ4v) is 3.44. The van der Waals surface area contributed by atoms with Crippen molar-refractivity contribution in [2.75, 3.05) is 17.2 Å². The van der Waals surface area contributed by atoms with Gasteiger partial charge in [-0.15, -0.1) is 0 Å². The third-order valence-corrected chi connectivity index (χ3v) is 4.95. The Kier molecular flexibility index (Phi) is 7.38. The van der Waals surface area contributed by atoms with Crippen LogP contribution in [0.5, 0.6) is 0 Å². The SMILES string of the molecule is CCCCCCCCNc1c(C(=O)Nc2cccc(Cl)c2)oc2ccccc12. The fourth-order valence-electron chi connectivity index (χ4n) is 3.25. The van der Waals surface area contributed by atoms with Crippen molar-refractivity contribution in [2.24, 2.45) is 0 Å². The van der Waals surface area contributed by atoms with E-state index in [1.54, 1.807) is 24.3 Å². The van der Waals surface area contributed by atoms with E-state index in [4.69, 9.17) is 16.0 Å². The molecule has 0 aliphatic rings. The van der Waals surface area contributed by atoms with Crippen molar-refractivity contribution in [2.45, 2.75) is 45.4 Å². The van der Waals surface area contributed by atoms with Gasteiger partial charge >= 0.3 is 0 Å². The Hall–Kier alpha value is -2.46. The van der Waals surface area contributed by atoms with Crippen molar-refractivity contribution in [3.05, 3.63) is 59.3 Å². The third-order valence-electron chi connectivity index (χ3n) is 4.72. The number of hydrogen-bond acceptors (Lipinski definition) is 3. The molecule has 0 aliphatic heterocycles. The number of carbonyl (C=O) groups is 1. The quantitative estimate of drug-likeness (QED) is 0.358. The van der Waals surface area contributed by atoms with Crippen LogP contribution >= 0.6 is 11.6 Å². The van der Waals surface area contributed by atoms with Crippen LogP contribution in [0.3, 0.4) is 0 Å². The molecule has 0 bridgehead atoms. The van der Waals surface area contributed by atoms with Gasteiger partial charge in [0, 0.05) is 22.6 Å². The number of unbranched alkanes of at least 4 members (excludes halogenated alkanes) is 5. The maximum Gasteiger partial charge on any atom is 0.293 e. The van der Waals surface area contributed by atoms with E-state index in [0.717, 1.165) is 24.0 Å². The van der Waals surface area contributed by atoms with Crippen LogP contribution in [0.15, 0.2) is 52.9 Å². The van der Waals surface area contributed by atoms with E-state index in [0.29, 0.717) is 22.1 Å². The Bertz CT molecular complexity index is 920. The first kappa shape index (κ1) is 20.3. The molecule has 0 spiro atoms. The first-order valence-electron chi connectivity index (χ1n) is 10.0. The summed E-state index contributed by atoms with van der Waals surface area (Å²) in [5.41, 5.74) is 2.09. The fraction of sp³-hybridized carbons (Fsp3) is 0.348. The number of nitrogens with one attached hydrogen (secondary N) is 2. The summed E-state index contributed by atoms with van der Waals surface area (Å²) >= 11 is 6.01. The van der Waals surface area contributed by atoms with Crippen molar-refractivity contribution in [3.8, 4) is 0 Å². The lowest BCUT2D eigenvalue weighted by molar-refractivity contribution is 0.0999. The van der Waals surface area contributed by atoms with Gasteiger partial charge in [0.1, 0.15) is 5.58 Å². The zero-order valence-electron chi connectivity index (χ0n) is 16.3. The number of para-hydroxylation sites is 1. The zero-order valence-corrected chi connectivity index (χ0v) is 17.0. The molecular formula is C23H27ClN2O2. The number of carbonyl (C=O) groups excluding carboxylic acids is 1. The van der Waals surface area contributed by atoms with Gasteiger partial charge in [-0.2, -0.15) is 0 Å². The van der Waals surface area contributed by atoms with Gasteiger partial charge in [0.15, 0.2) is 0 Å². The van der Waals surface area contributed by atoms with E-state index in [-0.39, 0.29) is 5.91 Å². The summed E-state index contributed by atoms with van der Waals surface area (Å²) in [5.74, 6) is 0.0103. The van der Waals surface area contributed by atoms with Crippen molar-refractivity contribution in [1.82, 2.24) is 0 Å². The summed E-state index contributed by atoms with van der Waals surface area (Å²) in [6.07, 6.45) is 7.35. The molecule has 2 N–H and O–H groups in total. The maximum atomic E-state index is 12.8. The van der Waals surface area contributed by atoms with Crippen molar-refractivity contribution in [1.29, 1.82) is 0 Å². The molecule has 1 amide bonds. The Balaban J connectivity index is 1.70. The van der Waals surface area contributed by atoms with Gasteiger partial charge in [-0.1, -0.05) is 68.8 Å². The molecule has 0 fully saturated rings. The number of halogens is 1. The topological polar surface area (TPSA) is 54.3 Å². The number of fused-ring (bicyclic) bond motifs is 1. The molecule has 0 aliphatic carbocycles. The highest BCUT2D eigenvalue weighted by molar-refractivity contribution is 6.31. The minimum Gasteiger partial charge on any atom is -0.449 e. The predicted octanol–water partition coefficient (Wildman–Crippen LogP) is 7.11. The Morgan fingerprint density at radius 2 is 1.79 bits per heavy atom. The molecule has 1 aromatic heterocycles. The normalized spacial score (nSPS) is 10.9. The minimum atomic E-state index is -0.288. The third kappa shape index (κ3) is 5.29. The van der Waals surface area contributed by atoms with E-state index < -0.39 is 0 Å². The van der Waals surface area contributed by atoms with E-state index in [9.17, 15) is 4.79 Å². The molecule has 0 atom stereocenters. The number of benzene rings is 2. The molecule has 2 aromatic carbocycles. The molecule has 28 heavy (non-hydrogen) atoms. The summed E-state index contributed by atoms with van der Waals surface area (Å²) in [4.78, 5) is 12.8. The Morgan fingerprint density at radius 1 is 1.00 bits per heavy atom. The monoisotopic (exact) mass is 398 g/mol. The summed E-state index contributed by atoms with van der Waals surface area (Å²) in [7, 11) is 0. The lowest BCUT2D eigenvalue weighted by Gasteiger charge is -2.08. The van der Waals surface area contributed by atoms with Crippen LogP contribution in [-0.2, 0) is 0 Å². The highest BCUT2D eigenvalue weighted by Crippen LogP contribution is 2.31. The minimum absolute atomic E-state index is 0.288. The van der Waals surface area contributed by atoms with Crippen molar-refractivity contribution in [3.63, 3.8) is 0 Å². The van der Waals surface area contributed by atoms with Gasteiger partial charge in [0.2, 0.25) is 5.76 Å². The second-order valence-corrected chi connectivity index (χ2v) is 7.40. The largest absolute Gasteiger partial charge is 0.449 e. The molecule has 0 saturated heterocycles. The number of anilines is 2. The molecule has 0 saturated carbocycles. The summed E-state index contributed by atoms with van der Waals surface area (Å²) in [6, 6.07) is 14.8. The number of amides is 1. The first-order chi connectivity index (χ1) is 13.7. The van der Waals surface area contributed by atoms with Crippen LogP contribution in [0.25, 0.3) is 11.0 Å². The van der Waals surface area contributed by atoms with Gasteiger partial charge in [-0.05, 0) is 36.8 Å². The van der Waals surface area contributed by atoms with E-state index >= 15 is 0 Å². The maximum absolute atomic E-state index is 12.8. The van der Waals surface area contributed by atoms with Crippen LogP contribution in [0.1, 0.15) is 56.0 Å². The average molecular weight is 399 g/mol. The molecule has 0 unspecified atom stereocenters. The number of rotatable bonds is 10. The number of hydrogen-bond donors (Lipinski definition) is 2. The van der Waals surface area contributed by atoms with Gasteiger partial charge in [-0.25, -0.2) is 0 Å². The zero-order chi connectivity index (χ0) is 19.8. The second-order valence-electron chi connectivity index (χ2n) is 6.96. The predicted molar refractivity (Wildman–Crippen MR) is 117 cm³/mol.